The molecule has 164 valence electrons. The van der Waals surface area contributed by atoms with Gasteiger partial charge in [-0.1, -0.05) is 23.7 Å². The summed E-state index contributed by atoms with van der Waals surface area (Å²) in [6, 6.07) is 12.0. The van der Waals surface area contributed by atoms with Crippen LogP contribution in [-0.2, 0) is 4.74 Å². The molecule has 31 heavy (non-hydrogen) atoms. The van der Waals surface area contributed by atoms with E-state index in [1.165, 1.54) is 5.56 Å². The van der Waals surface area contributed by atoms with Crippen molar-refractivity contribution in [2.75, 3.05) is 52.0 Å². The molecule has 0 unspecified atom stereocenters. The number of thiophene rings is 1. The topological polar surface area (TPSA) is 55.3 Å². The van der Waals surface area contributed by atoms with Gasteiger partial charge in [-0.05, 0) is 42.3 Å². The molecule has 0 radical (unpaired) electrons. The van der Waals surface area contributed by atoms with Crippen LogP contribution in [0.5, 0.6) is 11.5 Å². The number of benzene rings is 2. The van der Waals surface area contributed by atoms with Gasteiger partial charge >= 0.3 is 0 Å². The number of methoxy groups -OCH3 is 1. The molecule has 2 heterocycles. The normalized spacial score (nSPS) is 14.9. The Balaban J connectivity index is 1.37. The van der Waals surface area contributed by atoms with Crippen LogP contribution < -0.4 is 14.9 Å². The van der Waals surface area contributed by atoms with Crippen molar-refractivity contribution < 1.29 is 14.2 Å². The Kier molecular flexibility index (Phi) is 7.29. The monoisotopic (exact) mass is 459 g/mol. The van der Waals surface area contributed by atoms with Crippen molar-refractivity contribution in [1.29, 1.82) is 0 Å². The summed E-state index contributed by atoms with van der Waals surface area (Å²) in [4.78, 5) is 2.34. The van der Waals surface area contributed by atoms with Crippen LogP contribution in [0.15, 0.2) is 41.5 Å². The minimum absolute atomic E-state index is 0.606. The zero-order valence-corrected chi connectivity index (χ0v) is 19.3. The molecule has 1 aromatic heterocycles. The molecule has 6 nitrogen and oxygen atoms in total. The van der Waals surface area contributed by atoms with Crippen LogP contribution in [0.25, 0.3) is 10.1 Å². The van der Waals surface area contributed by atoms with Gasteiger partial charge in [0.1, 0.15) is 11.6 Å². The summed E-state index contributed by atoms with van der Waals surface area (Å²) in [6.45, 7) is 7.03. The van der Waals surface area contributed by atoms with Gasteiger partial charge in [-0.15, -0.1) is 11.3 Å². The molecule has 0 atom stereocenters. The van der Waals surface area contributed by atoms with Crippen molar-refractivity contribution in [2.24, 2.45) is 5.10 Å². The Bertz CT molecular complexity index is 1060. The predicted octanol–water partition coefficient (Wildman–Crippen LogP) is 5.03. The predicted molar refractivity (Wildman–Crippen MR) is 129 cm³/mol. The number of hydrogen-bond donors (Lipinski definition) is 1. The van der Waals surface area contributed by atoms with Crippen molar-refractivity contribution in [2.45, 2.75) is 6.92 Å². The third kappa shape index (κ3) is 5.49. The first-order chi connectivity index (χ1) is 15.1. The molecule has 2 aromatic carbocycles. The van der Waals surface area contributed by atoms with E-state index in [1.807, 2.05) is 24.3 Å². The van der Waals surface area contributed by atoms with Gasteiger partial charge in [-0.3, -0.25) is 10.3 Å². The number of aryl methyl sites for hydroxylation is 1. The van der Waals surface area contributed by atoms with E-state index in [-0.39, 0.29) is 0 Å². The van der Waals surface area contributed by atoms with Crippen molar-refractivity contribution >= 4 is 44.2 Å². The fraction of sp³-hybridized carbons (Fsp3) is 0.348. The van der Waals surface area contributed by atoms with Gasteiger partial charge in [0.15, 0.2) is 11.5 Å². The lowest BCUT2D eigenvalue weighted by atomic mass is 10.2. The first kappa shape index (κ1) is 21.9. The number of hydrazone groups is 1. The van der Waals surface area contributed by atoms with Crippen LogP contribution in [0.4, 0.5) is 5.00 Å². The average Bonchev–Trinajstić information content (AvgIpc) is 3.09. The summed E-state index contributed by atoms with van der Waals surface area (Å²) in [5.74, 6) is 1.41. The van der Waals surface area contributed by atoms with Gasteiger partial charge in [-0.2, -0.15) is 5.10 Å². The Morgan fingerprint density at radius 2 is 2.03 bits per heavy atom. The lowest BCUT2D eigenvalue weighted by Gasteiger charge is -2.26. The molecule has 0 amide bonds. The summed E-state index contributed by atoms with van der Waals surface area (Å²) in [7, 11) is 1.64. The van der Waals surface area contributed by atoms with Gasteiger partial charge in [0.25, 0.3) is 0 Å². The number of fused-ring (bicyclic) bond motifs is 1. The Labute approximate surface area is 191 Å². The van der Waals surface area contributed by atoms with E-state index in [1.54, 1.807) is 24.7 Å². The first-order valence-corrected chi connectivity index (χ1v) is 11.4. The number of ether oxygens (including phenoxy) is 3. The number of rotatable bonds is 8. The minimum Gasteiger partial charge on any atom is -0.493 e. The molecule has 0 bridgehead atoms. The van der Waals surface area contributed by atoms with Crippen molar-refractivity contribution in [3.05, 3.63) is 52.5 Å². The minimum atomic E-state index is 0.606. The van der Waals surface area contributed by atoms with Gasteiger partial charge in [-0.25, -0.2) is 0 Å². The maximum absolute atomic E-state index is 6.49. The molecule has 1 aliphatic rings. The molecule has 1 saturated heterocycles. The average molecular weight is 460 g/mol. The standard InChI is InChI=1S/C23H26ClN3O3S/c1-16-3-5-18-21(13-16)31-23(22(18)24)26-25-15-17-4-6-19(20(14-17)28-2)30-12-9-27-7-10-29-11-8-27/h3-6,13-15,26H,7-12H2,1-2H3/b25-15+. The summed E-state index contributed by atoms with van der Waals surface area (Å²) < 4.78 is 18.0. The lowest BCUT2D eigenvalue weighted by Crippen LogP contribution is -2.38. The number of nitrogens with zero attached hydrogens (tertiary/aromatic N) is 2. The van der Waals surface area contributed by atoms with Crippen molar-refractivity contribution in [1.82, 2.24) is 4.90 Å². The van der Waals surface area contributed by atoms with E-state index in [0.29, 0.717) is 17.4 Å². The van der Waals surface area contributed by atoms with E-state index >= 15 is 0 Å². The molecule has 3 aromatic rings. The summed E-state index contributed by atoms with van der Waals surface area (Å²) >= 11 is 8.08. The Hall–Kier alpha value is -2.32. The molecule has 0 saturated carbocycles. The molecular weight excluding hydrogens is 434 g/mol. The zero-order chi connectivity index (χ0) is 21.6. The number of morpholine rings is 1. The van der Waals surface area contributed by atoms with E-state index < -0.39 is 0 Å². The van der Waals surface area contributed by atoms with Crippen LogP contribution in [0.3, 0.4) is 0 Å². The first-order valence-electron chi connectivity index (χ1n) is 10.2. The van der Waals surface area contributed by atoms with Gasteiger partial charge in [0.05, 0.1) is 31.6 Å². The van der Waals surface area contributed by atoms with Crippen LogP contribution >= 0.6 is 22.9 Å². The molecular formula is C23H26ClN3O3S. The van der Waals surface area contributed by atoms with Crippen LogP contribution in [0, 0.1) is 6.92 Å². The number of nitrogens with one attached hydrogen (secondary N) is 1. The maximum Gasteiger partial charge on any atom is 0.161 e. The molecule has 4 rings (SSSR count). The highest BCUT2D eigenvalue weighted by molar-refractivity contribution is 7.23. The van der Waals surface area contributed by atoms with Gasteiger partial charge in [0.2, 0.25) is 0 Å². The fourth-order valence-corrected chi connectivity index (χ4v) is 4.82. The highest BCUT2D eigenvalue weighted by Crippen LogP contribution is 2.39. The zero-order valence-electron chi connectivity index (χ0n) is 17.7. The highest BCUT2D eigenvalue weighted by atomic mass is 35.5. The van der Waals surface area contributed by atoms with Crippen LogP contribution in [0.1, 0.15) is 11.1 Å². The van der Waals surface area contributed by atoms with Crippen molar-refractivity contribution in [3.63, 3.8) is 0 Å². The Morgan fingerprint density at radius 1 is 1.19 bits per heavy atom. The second-order valence-electron chi connectivity index (χ2n) is 7.33. The summed E-state index contributed by atoms with van der Waals surface area (Å²) in [5, 5.41) is 6.91. The number of anilines is 1. The molecule has 1 fully saturated rings. The van der Waals surface area contributed by atoms with Gasteiger partial charge < -0.3 is 14.2 Å². The quantitative estimate of drug-likeness (QED) is 0.378. The van der Waals surface area contributed by atoms with Gasteiger partial charge in [0, 0.05) is 29.7 Å². The molecule has 1 aliphatic heterocycles. The number of halogens is 1. The lowest BCUT2D eigenvalue weighted by molar-refractivity contribution is 0.0321. The fourth-order valence-electron chi connectivity index (χ4n) is 3.40. The third-order valence-electron chi connectivity index (χ3n) is 5.12. The number of hydrogen-bond acceptors (Lipinski definition) is 7. The highest BCUT2D eigenvalue weighted by Gasteiger charge is 2.12. The third-order valence-corrected chi connectivity index (χ3v) is 6.68. The molecule has 8 heteroatoms. The summed E-state index contributed by atoms with van der Waals surface area (Å²) in [6.07, 6.45) is 1.74. The second kappa shape index (κ2) is 10.3. The van der Waals surface area contributed by atoms with Crippen LogP contribution in [-0.4, -0.2) is 57.7 Å². The summed E-state index contributed by atoms with van der Waals surface area (Å²) in [5.41, 5.74) is 5.17. The SMILES string of the molecule is COc1cc(/C=N/Nc2sc3cc(C)ccc3c2Cl)ccc1OCCN1CCOCC1. The second-order valence-corrected chi connectivity index (χ2v) is 8.76. The van der Waals surface area contributed by atoms with E-state index in [2.05, 4.69) is 34.5 Å². The van der Waals surface area contributed by atoms with E-state index in [4.69, 9.17) is 25.8 Å². The molecule has 1 N–H and O–H groups in total. The maximum atomic E-state index is 6.49. The Morgan fingerprint density at radius 3 is 2.84 bits per heavy atom. The van der Waals surface area contributed by atoms with Crippen LogP contribution in [0.2, 0.25) is 5.02 Å². The van der Waals surface area contributed by atoms with E-state index in [0.717, 1.165) is 59.2 Å². The smallest absolute Gasteiger partial charge is 0.161 e. The van der Waals surface area contributed by atoms with E-state index in [9.17, 15) is 0 Å². The largest absolute Gasteiger partial charge is 0.493 e. The molecule has 0 aliphatic carbocycles. The van der Waals surface area contributed by atoms with Crippen molar-refractivity contribution in [3.8, 4) is 11.5 Å². The molecule has 0 spiro atoms.